The van der Waals surface area contributed by atoms with Crippen molar-refractivity contribution < 1.29 is 4.79 Å². The van der Waals surface area contributed by atoms with Crippen molar-refractivity contribution in [3.63, 3.8) is 0 Å². The molecule has 7 heteroatoms. The largest absolute Gasteiger partial charge is 0.356 e. The zero-order chi connectivity index (χ0) is 17.2. The lowest BCUT2D eigenvalue weighted by atomic mass is 10.1. The number of carbonyl (C=O) groups excluding carboxylic acids is 1. The number of hydrogen-bond acceptors (Lipinski definition) is 3. The molecular formula is C18H31IN4OS. The van der Waals surface area contributed by atoms with Crippen LogP contribution in [0, 0.1) is 0 Å². The molecule has 25 heavy (non-hydrogen) atoms. The summed E-state index contributed by atoms with van der Waals surface area (Å²) in [5.41, 5.74) is 1.32. The molecular weight excluding hydrogens is 447 g/mol. The number of fused-ring (bicyclic) bond motifs is 1. The fraction of sp³-hybridized carbons (Fsp3) is 0.667. The Balaban J connectivity index is 0.00000312. The number of hydrogen-bond donors (Lipinski definition) is 2. The van der Waals surface area contributed by atoms with Crippen LogP contribution in [0.4, 0.5) is 0 Å². The van der Waals surface area contributed by atoms with Gasteiger partial charge in [0.2, 0.25) is 5.91 Å². The number of aliphatic imine (C=N–C) groups is 1. The fourth-order valence-electron chi connectivity index (χ4n) is 2.89. The summed E-state index contributed by atoms with van der Waals surface area (Å²) in [6.07, 6.45) is 6.44. The number of nitrogens with zero attached hydrogens (tertiary/aromatic N) is 2. The summed E-state index contributed by atoms with van der Waals surface area (Å²) >= 11 is 1.80. The first kappa shape index (κ1) is 22.2. The monoisotopic (exact) mass is 478 g/mol. The number of nitrogens with one attached hydrogen (secondary N) is 2. The van der Waals surface area contributed by atoms with E-state index < -0.39 is 0 Å². The Hall–Kier alpha value is -0.830. The van der Waals surface area contributed by atoms with Gasteiger partial charge in [0.05, 0.1) is 0 Å². The van der Waals surface area contributed by atoms with Crippen molar-refractivity contribution in [2.75, 3.05) is 26.7 Å². The molecule has 0 spiro atoms. The van der Waals surface area contributed by atoms with Gasteiger partial charge in [0.15, 0.2) is 5.96 Å². The normalized spacial score (nSPS) is 13.8. The quantitative estimate of drug-likeness (QED) is 0.261. The first-order valence-corrected chi connectivity index (χ1v) is 9.90. The Kier molecular flexibility index (Phi) is 11.1. The van der Waals surface area contributed by atoms with Gasteiger partial charge in [-0.05, 0) is 29.9 Å². The van der Waals surface area contributed by atoms with E-state index in [-0.39, 0.29) is 29.9 Å². The second-order valence-corrected chi connectivity index (χ2v) is 7.17. The van der Waals surface area contributed by atoms with E-state index in [0.29, 0.717) is 13.0 Å². The molecule has 1 aliphatic heterocycles. The molecule has 0 saturated carbocycles. The fourth-order valence-corrected chi connectivity index (χ4v) is 3.78. The third-order valence-corrected chi connectivity index (χ3v) is 5.36. The van der Waals surface area contributed by atoms with E-state index in [2.05, 4.69) is 34.0 Å². The maximum absolute atomic E-state index is 12.4. The van der Waals surface area contributed by atoms with Gasteiger partial charge >= 0.3 is 0 Å². The van der Waals surface area contributed by atoms with Crippen LogP contribution in [0.2, 0.25) is 0 Å². The van der Waals surface area contributed by atoms with Gasteiger partial charge in [-0.25, -0.2) is 0 Å². The molecule has 0 unspecified atom stereocenters. The molecule has 0 aliphatic carbocycles. The van der Waals surface area contributed by atoms with Crippen molar-refractivity contribution in [3.05, 3.63) is 21.9 Å². The van der Waals surface area contributed by atoms with Crippen molar-refractivity contribution in [3.8, 4) is 0 Å². The van der Waals surface area contributed by atoms with Crippen molar-refractivity contribution in [1.82, 2.24) is 15.5 Å². The second-order valence-electron chi connectivity index (χ2n) is 6.17. The Labute approximate surface area is 172 Å². The molecule has 2 heterocycles. The summed E-state index contributed by atoms with van der Waals surface area (Å²) in [7, 11) is 1.77. The van der Waals surface area contributed by atoms with Crippen LogP contribution in [-0.2, 0) is 17.8 Å². The van der Waals surface area contributed by atoms with Crippen molar-refractivity contribution in [1.29, 1.82) is 0 Å². The van der Waals surface area contributed by atoms with E-state index in [9.17, 15) is 4.79 Å². The average molecular weight is 478 g/mol. The minimum absolute atomic E-state index is 0. The van der Waals surface area contributed by atoms with E-state index >= 15 is 0 Å². The van der Waals surface area contributed by atoms with Gasteiger partial charge in [0.1, 0.15) is 0 Å². The lowest BCUT2D eigenvalue weighted by Gasteiger charge is -2.27. The van der Waals surface area contributed by atoms with Gasteiger partial charge < -0.3 is 15.5 Å². The summed E-state index contributed by atoms with van der Waals surface area (Å²) in [6.45, 7) is 5.38. The second kappa shape index (κ2) is 12.5. The van der Waals surface area contributed by atoms with E-state index in [1.165, 1.54) is 29.7 Å². The Bertz CT molecular complexity index is 547. The predicted molar refractivity (Wildman–Crippen MR) is 117 cm³/mol. The number of halogens is 1. The molecule has 0 bridgehead atoms. The SMILES string of the molecule is CCCCCCNC(=NC)NCCC(=O)N1CCc2sccc2C1.I. The maximum Gasteiger partial charge on any atom is 0.224 e. The van der Waals surface area contributed by atoms with Crippen molar-refractivity contribution in [2.24, 2.45) is 4.99 Å². The number of carbonyl (C=O) groups is 1. The molecule has 0 saturated heterocycles. The highest BCUT2D eigenvalue weighted by Crippen LogP contribution is 2.24. The van der Waals surface area contributed by atoms with Gasteiger partial charge in [0, 0.05) is 44.5 Å². The Morgan fingerprint density at radius 3 is 2.84 bits per heavy atom. The number of amides is 1. The highest BCUT2D eigenvalue weighted by atomic mass is 127. The minimum Gasteiger partial charge on any atom is -0.356 e. The molecule has 142 valence electrons. The Morgan fingerprint density at radius 1 is 1.28 bits per heavy atom. The van der Waals surface area contributed by atoms with Gasteiger partial charge in [-0.3, -0.25) is 9.79 Å². The summed E-state index contributed by atoms with van der Waals surface area (Å²) < 4.78 is 0. The predicted octanol–water partition coefficient (Wildman–Crippen LogP) is 3.39. The third kappa shape index (κ3) is 7.52. The zero-order valence-corrected chi connectivity index (χ0v) is 18.5. The molecule has 0 fully saturated rings. The Morgan fingerprint density at radius 2 is 2.08 bits per heavy atom. The van der Waals surface area contributed by atoms with Crippen LogP contribution in [0.5, 0.6) is 0 Å². The van der Waals surface area contributed by atoms with Gasteiger partial charge in [-0.15, -0.1) is 35.3 Å². The van der Waals surface area contributed by atoms with Crippen LogP contribution >= 0.6 is 35.3 Å². The van der Waals surface area contributed by atoms with Crippen molar-refractivity contribution >= 4 is 47.2 Å². The van der Waals surface area contributed by atoms with Crippen molar-refractivity contribution in [2.45, 2.75) is 52.0 Å². The summed E-state index contributed by atoms with van der Waals surface area (Å²) in [4.78, 5) is 20.0. The highest BCUT2D eigenvalue weighted by Gasteiger charge is 2.20. The molecule has 1 aliphatic rings. The maximum atomic E-state index is 12.4. The summed E-state index contributed by atoms with van der Waals surface area (Å²) in [5, 5.41) is 8.67. The van der Waals surface area contributed by atoms with Crippen LogP contribution < -0.4 is 10.6 Å². The van der Waals surface area contributed by atoms with Gasteiger partial charge in [-0.2, -0.15) is 0 Å². The average Bonchev–Trinajstić information content (AvgIpc) is 3.07. The first-order valence-electron chi connectivity index (χ1n) is 9.02. The molecule has 1 aromatic rings. The first-order chi connectivity index (χ1) is 11.7. The molecule has 0 radical (unpaired) electrons. The molecule has 2 rings (SSSR count). The molecule has 1 aromatic heterocycles. The number of rotatable bonds is 8. The van der Waals surface area contributed by atoms with Crippen LogP contribution in [0.25, 0.3) is 0 Å². The van der Waals surface area contributed by atoms with E-state index in [4.69, 9.17) is 0 Å². The number of guanidine groups is 1. The smallest absolute Gasteiger partial charge is 0.224 e. The topological polar surface area (TPSA) is 56.7 Å². The molecule has 0 atom stereocenters. The van der Waals surface area contributed by atoms with Gasteiger partial charge in [-0.1, -0.05) is 26.2 Å². The van der Waals surface area contributed by atoms with Gasteiger partial charge in [0.25, 0.3) is 0 Å². The van der Waals surface area contributed by atoms with E-state index in [1.54, 1.807) is 18.4 Å². The lowest BCUT2D eigenvalue weighted by molar-refractivity contribution is -0.131. The number of thiophene rings is 1. The minimum atomic E-state index is 0. The van der Waals surface area contributed by atoms with Crippen LogP contribution in [0.15, 0.2) is 16.4 Å². The van der Waals surface area contributed by atoms with E-state index in [1.807, 2.05) is 4.90 Å². The molecule has 1 amide bonds. The molecule has 2 N–H and O–H groups in total. The standard InChI is InChI=1S/C18H30N4OS.HI/c1-3-4-5-6-10-20-18(19-2)21-11-7-17(23)22-12-8-16-15(14-22)9-13-24-16;/h9,13H,3-8,10-12,14H2,1-2H3,(H2,19,20,21);1H. The molecule has 5 nitrogen and oxygen atoms in total. The van der Waals surface area contributed by atoms with Crippen LogP contribution in [-0.4, -0.2) is 43.4 Å². The van der Waals surface area contributed by atoms with Crippen LogP contribution in [0.3, 0.4) is 0 Å². The highest BCUT2D eigenvalue weighted by molar-refractivity contribution is 14.0. The summed E-state index contributed by atoms with van der Waals surface area (Å²) in [6, 6.07) is 2.14. The lowest BCUT2D eigenvalue weighted by Crippen LogP contribution is -2.41. The zero-order valence-electron chi connectivity index (χ0n) is 15.3. The number of unbranched alkanes of at least 4 members (excludes halogenated alkanes) is 3. The third-order valence-electron chi connectivity index (χ3n) is 4.34. The summed E-state index contributed by atoms with van der Waals surface area (Å²) in [5.74, 6) is 1.01. The van der Waals surface area contributed by atoms with Crippen LogP contribution in [0.1, 0.15) is 49.5 Å². The molecule has 0 aromatic carbocycles. The van der Waals surface area contributed by atoms with E-state index in [0.717, 1.165) is 38.4 Å².